The van der Waals surface area contributed by atoms with Gasteiger partial charge in [-0.2, -0.15) is 0 Å². The summed E-state index contributed by atoms with van der Waals surface area (Å²) in [5.74, 6) is 0.335. The van der Waals surface area contributed by atoms with Crippen LogP contribution in [-0.4, -0.2) is 5.11 Å². The summed E-state index contributed by atoms with van der Waals surface area (Å²) in [6.07, 6.45) is 3.18. The third kappa shape index (κ3) is 6.09. The van der Waals surface area contributed by atoms with E-state index in [4.69, 9.17) is 0 Å². The van der Waals surface area contributed by atoms with Crippen LogP contribution in [0.2, 0.25) is 0 Å². The summed E-state index contributed by atoms with van der Waals surface area (Å²) < 4.78 is 0. The Bertz CT molecular complexity index is 630. The van der Waals surface area contributed by atoms with Crippen LogP contribution >= 0.6 is 0 Å². The summed E-state index contributed by atoms with van der Waals surface area (Å²) in [4.78, 5) is 0. The molecule has 0 heterocycles. The number of benzene rings is 2. The van der Waals surface area contributed by atoms with Gasteiger partial charge in [-0.1, -0.05) is 71.0 Å². The molecule has 0 bridgehead atoms. The average Bonchev–Trinajstić information content (AvgIpc) is 2.39. The second kappa shape index (κ2) is 6.78. The van der Waals surface area contributed by atoms with Crippen LogP contribution in [0.25, 0.3) is 0 Å². The quantitative estimate of drug-likeness (QED) is 0.741. The van der Waals surface area contributed by atoms with Gasteiger partial charge >= 0.3 is 0 Å². The molecule has 0 aliphatic heterocycles. The molecular formula is C22H30O. The highest BCUT2D eigenvalue weighted by Crippen LogP contribution is 2.29. The molecule has 1 N–H and O–H groups in total. The second-order valence-electron chi connectivity index (χ2n) is 8.74. The zero-order chi connectivity index (χ0) is 17.1. The SMILES string of the molecule is CC(C)(C)Cc1cccc(CC(C)(C)Cc2ccc(O)cc2)c1. The number of phenolic OH excluding ortho intramolecular Hbond substituents is 1. The molecule has 0 radical (unpaired) electrons. The van der Waals surface area contributed by atoms with Crippen molar-refractivity contribution in [2.75, 3.05) is 0 Å². The maximum absolute atomic E-state index is 9.41. The van der Waals surface area contributed by atoms with Crippen LogP contribution in [0.4, 0.5) is 0 Å². The summed E-state index contributed by atoms with van der Waals surface area (Å²) in [5, 5.41) is 9.41. The van der Waals surface area contributed by atoms with Crippen molar-refractivity contribution in [3.63, 3.8) is 0 Å². The number of hydrogen-bond acceptors (Lipinski definition) is 1. The molecule has 0 aromatic heterocycles. The van der Waals surface area contributed by atoms with E-state index < -0.39 is 0 Å². The summed E-state index contributed by atoms with van der Waals surface area (Å²) in [5.41, 5.74) is 4.63. The fraction of sp³-hybridized carbons (Fsp3) is 0.455. The first-order chi connectivity index (χ1) is 10.6. The third-order valence-electron chi connectivity index (χ3n) is 4.03. The zero-order valence-electron chi connectivity index (χ0n) is 15.2. The molecule has 0 saturated carbocycles. The minimum absolute atomic E-state index is 0.192. The van der Waals surface area contributed by atoms with E-state index >= 15 is 0 Å². The van der Waals surface area contributed by atoms with Crippen molar-refractivity contribution >= 4 is 0 Å². The van der Waals surface area contributed by atoms with E-state index in [1.165, 1.54) is 16.7 Å². The molecular weight excluding hydrogens is 280 g/mol. The molecule has 0 atom stereocenters. The monoisotopic (exact) mass is 310 g/mol. The van der Waals surface area contributed by atoms with Gasteiger partial charge in [-0.3, -0.25) is 0 Å². The minimum atomic E-state index is 0.192. The van der Waals surface area contributed by atoms with Crippen molar-refractivity contribution < 1.29 is 5.11 Å². The number of rotatable bonds is 5. The maximum Gasteiger partial charge on any atom is 0.115 e. The van der Waals surface area contributed by atoms with Gasteiger partial charge in [0.2, 0.25) is 0 Å². The van der Waals surface area contributed by atoms with E-state index in [1.807, 2.05) is 12.1 Å². The van der Waals surface area contributed by atoms with Crippen molar-refractivity contribution in [1.29, 1.82) is 0 Å². The van der Waals surface area contributed by atoms with Crippen LogP contribution < -0.4 is 0 Å². The van der Waals surface area contributed by atoms with Gasteiger partial charge in [0, 0.05) is 0 Å². The Morgan fingerprint density at radius 2 is 1.22 bits per heavy atom. The molecule has 0 aliphatic carbocycles. The fourth-order valence-corrected chi connectivity index (χ4v) is 3.24. The lowest BCUT2D eigenvalue weighted by Crippen LogP contribution is -2.18. The predicted molar refractivity (Wildman–Crippen MR) is 98.9 cm³/mol. The normalized spacial score (nSPS) is 12.4. The van der Waals surface area contributed by atoms with Crippen molar-refractivity contribution in [3.05, 3.63) is 65.2 Å². The topological polar surface area (TPSA) is 20.2 Å². The average molecular weight is 310 g/mol. The Labute approximate surface area is 141 Å². The Morgan fingerprint density at radius 1 is 0.696 bits per heavy atom. The van der Waals surface area contributed by atoms with Gasteiger partial charge in [0.05, 0.1) is 0 Å². The Morgan fingerprint density at radius 3 is 1.78 bits per heavy atom. The number of aromatic hydroxyl groups is 1. The number of hydrogen-bond donors (Lipinski definition) is 1. The van der Waals surface area contributed by atoms with Crippen LogP contribution in [0.1, 0.15) is 51.3 Å². The van der Waals surface area contributed by atoms with Crippen molar-refractivity contribution in [3.8, 4) is 5.75 Å². The van der Waals surface area contributed by atoms with Gasteiger partial charge in [-0.15, -0.1) is 0 Å². The van der Waals surface area contributed by atoms with E-state index in [2.05, 4.69) is 58.9 Å². The first-order valence-corrected chi connectivity index (χ1v) is 8.49. The van der Waals surface area contributed by atoms with Crippen LogP contribution in [0.15, 0.2) is 48.5 Å². The minimum Gasteiger partial charge on any atom is -0.508 e. The molecule has 2 aromatic rings. The molecule has 2 aromatic carbocycles. The highest BCUT2D eigenvalue weighted by atomic mass is 16.3. The molecule has 0 unspecified atom stereocenters. The van der Waals surface area contributed by atoms with Crippen LogP contribution in [-0.2, 0) is 19.3 Å². The largest absolute Gasteiger partial charge is 0.508 e. The molecule has 0 fully saturated rings. The fourth-order valence-electron chi connectivity index (χ4n) is 3.24. The third-order valence-corrected chi connectivity index (χ3v) is 4.03. The van der Waals surface area contributed by atoms with Gasteiger partial charge in [-0.25, -0.2) is 0 Å². The molecule has 0 spiro atoms. The Balaban J connectivity index is 2.07. The van der Waals surface area contributed by atoms with Gasteiger partial charge < -0.3 is 5.11 Å². The van der Waals surface area contributed by atoms with Crippen molar-refractivity contribution in [2.45, 2.75) is 53.9 Å². The first kappa shape index (κ1) is 17.6. The lowest BCUT2D eigenvalue weighted by Gasteiger charge is -2.26. The van der Waals surface area contributed by atoms with Crippen LogP contribution in [0.5, 0.6) is 5.75 Å². The van der Waals surface area contributed by atoms with Gasteiger partial charge in [0.15, 0.2) is 0 Å². The highest BCUT2D eigenvalue weighted by molar-refractivity contribution is 5.28. The van der Waals surface area contributed by atoms with Gasteiger partial charge in [0.25, 0.3) is 0 Å². The lowest BCUT2D eigenvalue weighted by molar-refractivity contribution is 0.360. The van der Waals surface area contributed by atoms with Gasteiger partial charge in [0.1, 0.15) is 5.75 Å². The molecule has 1 heteroatoms. The van der Waals surface area contributed by atoms with Crippen molar-refractivity contribution in [1.82, 2.24) is 0 Å². The molecule has 124 valence electrons. The molecule has 2 rings (SSSR count). The summed E-state index contributed by atoms with van der Waals surface area (Å²) in [6, 6.07) is 16.6. The molecule has 23 heavy (non-hydrogen) atoms. The van der Waals surface area contributed by atoms with Crippen molar-refractivity contribution in [2.24, 2.45) is 10.8 Å². The Hall–Kier alpha value is -1.76. The number of phenols is 1. The smallest absolute Gasteiger partial charge is 0.115 e. The second-order valence-corrected chi connectivity index (χ2v) is 8.74. The first-order valence-electron chi connectivity index (χ1n) is 8.49. The van der Waals surface area contributed by atoms with E-state index in [0.717, 1.165) is 19.3 Å². The molecule has 0 aliphatic rings. The molecule has 1 nitrogen and oxygen atoms in total. The summed E-state index contributed by atoms with van der Waals surface area (Å²) >= 11 is 0. The molecule has 0 amide bonds. The van der Waals surface area contributed by atoms with E-state index in [1.54, 1.807) is 12.1 Å². The van der Waals surface area contributed by atoms with E-state index in [-0.39, 0.29) is 5.41 Å². The van der Waals surface area contributed by atoms with Crippen LogP contribution in [0, 0.1) is 10.8 Å². The maximum atomic E-state index is 9.41. The lowest BCUT2D eigenvalue weighted by atomic mass is 9.79. The zero-order valence-corrected chi connectivity index (χ0v) is 15.2. The standard InChI is InChI=1S/C22H30O/c1-21(2,3)14-18-7-6-8-19(13-18)16-22(4,5)15-17-9-11-20(23)12-10-17/h6-13,23H,14-16H2,1-5H3. The Kier molecular flexibility index (Phi) is 5.19. The predicted octanol–water partition coefficient (Wildman–Crippen LogP) is 5.79. The van der Waals surface area contributed by atoms with Gasteiger partial charge in [-0.05, 0) is 58.9 Å². The van der Waals surface area contributed by atoms with Crippen LogP contribution in [0.3, 0.4) is 0 Å². The van der Waals surface area contributed by atoms with E-state index in [9.17, 15) is 5.11 Å². The summed E-state index contributed by atoms with van der Waals surface area (Å²) in [7, 11) is 0. The van der Waals surface area contributed by atoms with E-state index in [0.29, 0.717) is 11.2 Å². The molecule has 0 saturated heterocycles. The summed E-state index contributed by atoms with van der Waals surface area (Å²) in [6.45, 7) is 11.5. The highest BCUT2D eigenvalue weighted by Gasteiger charge is 2.20.